The molecule has 0 bridgehead atoms. The Morgan fingerprint density at radius 1 is 1.70 bits per heavy atom. The van der Waals surface area contributed by atoms with Gasteiger partial charge in [0, 0.05) is 12.4 Å². The van der Waals surface area contributed by atoms with Gasteiger partial charge in [-0.1, -0.05) is 0 Å². The van der Waals surface area contributed by atoms with Crippen LogP contribution in [0.5, 0.6) is 0 Å². The number of rotatable bonds is 1. The summed E-state index contributed by atoms with van der Waals surface area (Å²) in [6.07, 6.45) is 2.49. The SMILES string of the molecule is O=C(O)c1ncc[nH]c1=O. The van der Waals surface area contributed by atoms with E-state index in [9.17, 15) is 9.59 Å². The maximum Gasteiger partial charge on any atom is 0.360 e. The Labute approximate surface area is 55.4 Å². The molecule has 0 aromatic carbocycles. The minimum atomic E-state index is -1.32. The van der Waals surface area contributed by atoms with E-state index in [0.717, 1.165) is 0 Å². The molecular formula is C5H4N2O3. The number of hydrogen-bond acceptors (Lipinski definition) is 3. The third-order valence-electron chi connectivity index (χ3n) is 0.910. The molecular weight excluding hydrogens is 136 g/mol. The maximum atomic E-state index is 10.6. The van der Waals surface area contributed by atoms with Gasteiger partial charge in [0.25, 0.3) is 5.56 Å². The van der Waals surface area contributed by atoms with Gasteiger partial charge in [-0.2, -0.15) is 0 Å². The number of nitrogens with one attached hydrogen (secondary N) is 1. The fourth-order valence-corrected chi connectivity index (χ4v) is 0.504. The van der Waals surface area contributed by atoms with Gasteiger partial charge in [0.1, 0.15) is 0 Å². The lowest BCUT2D eigenvalue weighted by atomic mass is 10.4. The van der Waals surface area contributed by atoms with Gasteiger partial charge < -0.3 is 10.1 Å². The van der Waals surface area contributed by atoms with Crippen LogP contribution in [0.2, 0.25) is 0 Å². The molecule has 0 aliphatic carbocycles. The van der Waals surface area contributed by atoms with Crippen molar-refractivity contribution in [2.24, 2.45) is 0 Å². The maximum absolute atomic E-state index is 10.6. The summed E-state index contributed by atoms with van der Waals surface area (Å²) in [4.78, 5) is 26.2. The Hall–Kier alpha value is -1.65. The van der Waals surface area contributed by atoms with E-state index in [1.165, 1.54) is 12.4 Å². The van der Waals surface area contributed by atoms with Gasteiger partial charge in [0.15, 0.2) is 0 Å². The predicted octanol–water partition coefficient (Wildman–Crippen LogP) is -0.532. The smallest absolute Gasteiger partial charge is 0.360 e. The summed E-state index contributed by atoms with van der Waals surface area (Å²) in [6.45, 7) is 0. The number of aromatic carboxylic acids is 1. The molecule has 10 heavy (non-hydrogen) atoms. The Balaban J connectivity index is 3.29. The Bertz CT molecular complexity index is 304. The van der Waals surface area contributed by atoms with Crippen molar-refractivity contribution in [1.29, 1.82) is 0 Å². The Morgan fingerprint density at radius 3 is 2.80 bits per heavy atom. The largest absolute Gasteiger partial charge is 0.476 e. The van der Waals surface area contributed by atoms with Gasteiger partial charge in [-0.05, 0) is 0 Å². The highest BCUT2D eigenvalue weighted by molar-refractivity contribution is 5.84. The first-order valence-electron chi connectivity index (χ1n) is 2.49. The fourth-order valence-electron chi connectivity index (χ4n) is 0.504. The van der Waals surface area contributed by atoms with E-state index in [0.29, 0.717) is 0 Å². The van der Waals surface area contributed by atoms with Crippen molar-refractivity contribution < 1.29 is 9.90 Å². The average Bonchev–Trinajstić information content (AvgIpc) is 1.88. The van der Waals surface area contributed by atoms with Crippen molar-refractivity contribution in [1.82, 2.24) is 9.97 Å². The molecule has 2 N–H and O–H groups in total. The van der Waals surface area contributed by atoms with Crippen LogP contribution in [0.15, 0.2) is 17.2 Å². The number of nitrogens with zero attached hydrogens (tertiary/aromatic N) is 1. The van der Waals surface area contributed by atoms with E-state index in [1.807, 2.05) is 0 Å². The molecule has 0 radical (unpaired) electrons. The molecule has 0 amide bonds. The van der Waals surface area contributed by atoms with Gasteiger partial charge in [-0.15, -0.1) is 0 Å². The average molecular weight is 140 g/mol. The standard InChI is InChI=1S/C5H4N2O3/c8-4-3(5(9)10)6-1-2-7-4/h1-2H,(H,7,8)(H,9,10). The second-order valence-corrected chi connectivity index (χ2v) is 1.57. The van der Waals surface area contributed by atoms with Gasteiger partial charge >= 0.3 is 5.97 Å². The molecule has 5 heteroatoms. The zero-order chi connectivity index (χ0) is 7.56. The topological polar surface area (TPSA) is 83.0 Å². The number of aromatic amines is 1. The minimum absolute atomic E-state index is 0.484. The van der Waals surface area contributed by atoms with Crippen molar-refractivity contribution in [3.8, 4) is 0 Å². The van der Waals surface area contributed by atoms with E-state index in [4.69, 9.17) is 5.11 Å². The van der Waals surface area contributed by atoms with Crippen LogP contribution in [-0.4, -0.2) is 21.0 Å². The van der Waals surface area contributed by atoms with Crippen molar-refractivity contribution in [3.63, 3.8) is 0 Å². The van der Waals surface area contributed by atoms with Crippen LogP contribution in [0.4, 0.5) is 0 Å². The van der Waals surface area contributed by atoms with Crippen LogP contribution in [0.3, 0.4) is 0 Å². The lowest BCUT2D eigenvalue weighted by Gasteiger charge is -1.87. The quantitative estimate of drug-likeness (QED) is 0.549. The molecule has 0 aliphatic rings. The van der Waals surface area contributed by atoms with E-state index >= 15 is 0 Å². The van der Waals surface area contributed by atoms with Crippen molar-refractivity contribution in [2.45, 2.75) is 0 Å². The van der Waals surface area contributed by atoms with Crippen LogP contribution < -0.4 is 5.56 Å². The predicted molar refractivity (Wildman–Crippen MR) is 31.8 cm³/mol. The zero-order valence-corrected chi connectivity index (χ0v) is 4.87. The summed E-state index contributed by atoms with van der Waals surface area (Å²) in [6, 6.07) is 0. The van der Waals surface area contributed by atoms with Crippen LogP contribution in [0.1, 0.15) is 10.5 Å². The van der Waals surface area contributed by atoms with Crippen molar-refractivity contribution in [2.75, 3.05) is 0 Å². The Kier molecular flexibility index (Phi) is 1.49. The van der Waals surface area contributed by atoms with Crippen LogP contribution >= 0.6 is 0 Å². The summed E-state index contributed by atoms with van der Waals surface area (Å²) in [5.41, 5.74) is -1.17. The first kappa shape index (κ1) is 6.47. The van der Waals surface area contributed by atoms with Crippen LogP contribution in [0.25, 0.3) is 0 Å². The van der Waals surface area contributed by atoms with Gasteiger partial charge in [-0.25, -0.2) is 9.78 Å². The highest BCUT2D eigenvalue weighted by Crippen LogP contribution is 1.79. The first-order chi connectivity index (χ1) is 4.72. The molecule has 0 atom stereocenters. The lowest BCUT2D eigenvalue weighted by molar-refractivity contribution is 0.0688. The molecule has 0 unspecified atom stereocenters. The molecule has 0 saturated heterocycles. The summed E-state index contributed by atoms with van der Waals surface area (Å²) in [5, 5.41) is 8.28. The molecule has 1 aromatic rings. The lowest BCUT2D eigenvalue weighted by Crippen LogP contribution is -2.18. The summed E-state index contributed by atoms with van der Waals surface area (Å²) < 4.78 is 0. The molecule has 5 nitrogen and oxygen atoms in total. The van der Waals surface area contributed by atoms with E-state index in [-0.39, 0.29) is 0 Å². The second kappa shape index (κ2) is 2.30. The Morgan fingerprint density at radius 2 is 2.40 bits per heavy atom. The normalized spacial score (nSPS) is 9.20. The molecule has 1 aromatic heterocycles. The molecule has 0 aliphatic heterocycles. The van der Waals surface area contributed by atoms with Crippen molar-refractivity contribution >= 4 is 5.97 Å². The summed E-state index contributed by atoms with van der Waals surface area (Å²) in [7, 11) is 0. The third-order valence-corrected chi connectivity index (χ3v) is 0.910. The first-order valence-corrected chi connectivity index (χ1v) is 2.49. The van der Waals surface area contributed by atoms with Crippen LogP contribution in [-0.2, 0) is 0 Å². The number of carbonyl (C=O) groups is 1. The van der Waals surface area contributed by atoms with Gasteiger partial charge in [-0.3, -0.25) is 4.79 Å². The van der Waals surface area contributed by atoms with Crippen LogP contribution in [0, 0.1) is 0 Å². The molecule has 52 valence electrons. The summed E-state index contributed by atoms with van der Waals surface area (Å²) in [5.74, 6) is -1.32. The molecule has 0 saturated carbocycles. The zero-order valence-electron chi connectivity index (χ0n) is 4.87. The monoisotopic (exact) mass is 140 g/mol. The number of aromatic nitrogens is 2. The number of H-pyrrole nitrogens is 1. The van der Waals surface area contributed by atoms with E-state index < -0.39 is 17.2 Å². The molecule has 1 rings (SSSR count). The molecule has 0 spiro atoms. The van der Waals surface area contributed by atoms with Gasteiger partial charge in [0.2, 0.25) is 5.69 Å². The van der Waals surface area contributed by atoms with E-state index in [1.54, 1.807) is 0 Å². The third kappa shape index (κ3) is 1.02. The fraction of sp³-hybridized carbons (Fsp3) is 0. The van der Waals surface area contributed by atoms with E-state index in [2.05, 4.69) is 9.97 Å². The van der Waals surface area contributed by atoms with Gasteiger partial charge in [0.05, 0.1) is 0 Å². The second-order valence-electron chi connectivity index (χ2n) is 1.57. The number of carboxylic acids is 1. The summed E-state index contributed by atoms with van der Waals surface area (Å²) >= 11 is 0. The highest BCUT2D eigenvalue weighted by atomic mass is 16.4. The number of hydrogen-bond donors (Lipinski definition) is 2. The van der Waals surface area contributed by atoms with Crippen molar-refractivity contribution in [3.05, 3.63) is 28.4 Å². The molecule has 0 fully saturated rings. The molecule has 1 heterocycles. The highest BCUT2D eigenvalue weighted by Gasteiger charge is 2.07. The minimum Gasteiger partial charge on any atom is -0.476 e. The number of carboxylic acid groups (broad SMARTS) is 1.